The Kier molecular flexibility index (Phi) is 7.86. The number of amides is 1. The molecule has 0 fully saturated rings. The number of aliphatic hydroxyl groups is 1. The van der Waals surface area contributed by atoms with Crippen LogP contribution in [-0.4, -0.2) is 24.2 Å². The predicted octanol–water partition coefficient (Wildman–Crippen LogP) is 2.69. The summed E-state index contributed by atoms with van der Waals surface area (Å²) in [5.74, 6) is -1.00. The van der Waals surface area contributed by atoms with Crippen LogP contribution in [-0.2, 0) is 11.0 Å². The number of alkyl halides is 3. The van der Waals surface area contributed by atoms with Gasteiger partial charge in [0.15, 0.2) is 0 Å². The number of halogens is 3. The van der Waals surface area contributed by atoms with Crippen molar-refractivity contribution in [2.45, 2.75) is 26.9 Å². The van der Waals surface area contributed by atoms with E-state index in [1.807, 2.05) is 19.3 Å². The summed E-state index contributed by atoms with van der Waals surface area (Å²) in [5, 5.41) is 8.41. The standard InChI is InChI=1S/C11H12F3NO3.C2H6/c1-7-2-3-8(9(6-7)11(12,13)14)10(17)15-18-5-4-16;1-2/h2-3,6,16H,4-5H2,1H3,(H,15,17);1-2H3. The molecular formula is C13H18F3NO3. The van der Waals surface area contributed by atoms with Gasteiger partial charge in [-0.05, 0) is 19.1 Å². The maximum atomic E-state index is 12.7. The van der Waals surface area contributed by atoms with Crippen molar-refractivity contribution >= 4 is 5.91 Å². The van der Waals surface area contributed by atoms with Gasteiger partial charge in [0.05, 0.1) is 24.3 Å². The summed E-state index contributed by atoms with van der Waals surface area (Å²) >= 11 is 0. The Morgan fingerprint density at radius 1 is 1.35 bits per heavy atom. The van der Waals surface area contributed by atoms with Crippen molar-refractivity contribution in [2.75, 3.05) is 13.2 Å². The van der Waals surface area contributed by atoms with Gasteiger partial charge in [-0.25, -0.2) is 5.48 Å². The number of aryl methyl sites for hydroxylation is 1. The number of carbonyl (C=O) groups is 1. The zero-order chi connectivity index (χ0) is 15.8. The van der Waals surface area contributed by atoms with Gasteiger partial charge in [0.1, 0.15) is 0 Å². The second-order valence-corrected chi connectivity index (χ2v) is 3.55. The van der Waals surface area contributed by atoms with Crippen molar-refractivity contribution in [3.63, 3.8) is 0 Å². The van der Waals surface area contributed by atoms with Crippen molar-refractivity contribution in [2.24, 2.45) is 0 Å². The number of benzene rings is 1. The minimum atomic E-state index is -4.62. The first kappa shape index (κ1) is 18.4. The molecule has 1 aromatic rings. The number of hydrogen-bond donors (Lipinski definition) is 2. The molecule has 0 spiro atoms. The quantitative estimate of drug-likeness (QED) is 0.663. The van der Waals surface area contributed by atoms with Gasteiger partial charge in [-0.1, -0.05) is 25.5 Å². The van der Waals surface area contributed by atoms with Crippen LogP contribution >= 0.6 is 0 Å². The van der Waals surface area contributed by atoms with Gasteiger partial charge in [-0.2, -0.15) is 13.2 Å². The Hall–Kier alpha value is -1.60. The van der Waals surface area contributed by atoms with Gasteiger partial charge in [0.2, 0.25) is 0 Å². The third-order valence-electron chi connectivity index (χ3n) is 2.08. The number of hydroxylamine groups is 1. The highest BCUT2D eigenvalue weighted by atomic mass is 19.4. The van der Waals surface area contributed by atoms with Crippen molar-refractivity contribution in [3.05, 3.63) is 34.9 Å². The van der Waals surface area contributed by atoms with E-state index in [1.54, 1.807) is 0 Å². The zero-order valence-corrected chi connectivity index (χ0v) is 11.5. The molecule has 114 valence electrons. The molecule has 1 rings (SSSR count). The van der Waals surface area contributed by atoms with Crippen LogP contribution in [0.25, 0.3) is 0 Å². The van der Waals surface area contributed by atoms with E-state index in [4.69, 9.17) is 5.11 Å². The van der Waals surface area contributed by atoms with E-state index < -0.39 is 23.2 Å². The molecule has 0 radical (unpaired) electrons. The Bertz CT molecular complexity index is 433. The van der Waals surface area contributed by atoms with E-state index in [-0.39, 0.29) is 13.2 Å². The highest BCUT2D eigenvalue weighted by Crippen LogP contribution is 2.32. The lowest BCUT2D eigenvalue weighted by atomic mass is 10.0. The van der Waals surface area contributed by atoms with Gasteiger partial charge < -0.3 is 5.11 Å². The molecule has 1 aromatic carbocycles. The lowest BCUT2D eigenvalue weighted by molar-refractivity contribution is -0.138. The molecule has 0 aliphatic carbocycles. The number of rotatable bonds is 4. The van der Waals surface area contributed by atoms with E-state index in [2.05, 4.69) is 4.84 Å². The SMILES string of the molecule is CC.Cc1ccc(C(=O)NOCCO)c(C(F)(F)F)c1. The first-order valence-electron chi connectivity index (χ1n) is 6.07. The molecular weight excluding hydrogens is 275 g/mol. The Morgan fingerprint density at radius 3 is 2.45 bits per heavy atom. The number of nitrogens with one attached hydrogen (secondary N) is 1. The summed E-state index contributed by atoms with van der Waals surface area (Å²) < 4.78 is 38.1. The lowest BCUT2D eigenvalue weighted by Crippen LogP contribution is -2.27. The molecule has 0 bridgehead atoms. The molecule has 4 nitrogen and oxygen atoms in total. The molecule has 1 amide bonds. The zero-order valence-electron chi connectivity index (χ0n) is 11.5. The fraction of sp³-hybridized carbons (Fsp3) is 0.462. The minimum absolute atomic E-state index is 0.195. The summed E-state index contributed by atoms with van der Waals surface area (Å²) in [6.45, 7) is 4.96. The Morgan fingerprint density at radius 2 is 1.95 bits per heavy atom. The predicted molar refractivity (Wildman–Crippen MR) is 68.0 cm³/mol. The molecule has 7 heteroatoms. The van der Waals surface area contributed by atoms with Crippen LogP contribution in [0.2, 0.25) is 0 Å². The molecule has 0 saturated carbocycles. The second kappa shape index (κ2) is 8.55. The first-order valence-corrected chi connectivity index (χ1v) is 6.07. The maximum absolute atomic E-state index is 12.7. The average Bonchev–Trinajstić information content (AvgIpc) is 2.40. The molecule has 0 heterocycles. The lowest BCUT2D eigenvalue weighted by Gasteiger charge is -2.13. The molecule has 0 unspecified atom stereocenters. The van der Waals surface area contributed by atoms with Crippen LogP contribution in [0.3, 0.4) is 0 Å². The topological polar surface area (TPSA) is 58.6 Å². The third-order valence-corrected chi connectivity index (χ3v) is 2.08. The van der Waals surface area contributed by atoms with Crippen LogP contribution in [0.5, 0.6) is 0 Å². The number of hydrogen-bond acceptors (Lipinski definition) is 3. The molecule has 0 saturated heterocycles. The highest BCUT2D eigenvalue weighted by molar-refractivity contribution is 5.95. The average molecular weight is 293 g/mol. The molecule has 0 atom stereocenters. The largest absolute Gasteiger partial charge is 0.417 e. The second-order valence-electron chi connectivity index (χ2n) is 3.55. The molecule has 0 aliphatic rings. The number of carbonyl (C=O) groups excluding carboxylic acids is 1. The normalized spacial score (nSPS) is 10.6. The molecule has 0 aromatic heterocycles. The van der Waals surface area contributed by atoms with Gasteiger partial charge >= 0.3 is 6.18 Å². The van der Waals surface area contributed by atoms with Gasteiger partial charge in [0.25, 0.3) is 5.91 Å². The van der Waals surface area contributed by atoms with E-state index in [9.17, 15) is 18.0 Å². The van der Waals surface area contributed by atoms with E-state index in [0.29, 0.717) is 5.56 Å². The van der Waals surface area contributed by atoms with E-state index in [0.717, 1.165) is 12.1 Å². The van der Waals surface area contributed by atoms with E-state index in [1.165, 1.54) is 13.0 Å². The smallest absolute Gasteiger partial charge is 0.394 e. The number of aliphatic hydroxyl groups excluding tert-OH is 1. The summed E-state index contributed by atoms with van der Waals surface area (Å²) in [6.07, 6.45) is -4.62. The van der Waals surface area contributed by atoms with Crippen molar-refractivity contribution in [3.8, 4) is 0 Å². The van der Waals surface area contributed by atoms with E-state index >= 15 is 0 Å². The third kappa shape index (κ3) is 5.58. The fourth-order valence-electron chi connectivity index (χ4n) is 1.31. The molecule has 2 N–H and O–H groups in total. The highest BCUT2D eigenvalue weighted by Gasteiger charge is 2.35. The van der Waals surface area contributed by atoms with Gasteiger partial charge in [-0.3, -0.25) is 9.63 Å². The minimum Gasteiger partial charge on any atom is -0.394 e. The van der Waals surface area contributed by atoms with Crippen LogP contribution in [0.1, 0.15) is 35.3 Å². The summed E-state index contributed by atoms with van der Waals surface area (Å²) in [7, 11) is 0. The van der Waals surface area contributed by atoms with Crippen LogP contribution in [0.15, 0.2) is 18.2 Å². The van der Waals surface area contributed by atoms with Gasteiger partial charge in [-0.15, -0.1) is 0 Å². The van der Waals surface area contributed by atoms with Crippen molar-refractivity contribution < 1.29 is 27.9 Å². The maximum Gasteiger partial charge on any atom is 0.417 e. The van der Waals surface area contributed by atoms with Crippen molar-refractivity contribution in [1.29, 1.82) is 0 Å². The summed E-state index contributed by atoms with van der Waals surface area (Å²) in [4.78, 5) is 16.0. The summed E-state index contributed by atoms with van der Waals surface area (Å²) in [5.41, 5.74) is 0.688. The van der Waals surface area contributed by atoms with Crippen LogP contribution in [0, 0.1) is 6.92 Å². The molecule has 0 aliphatic heterocycles. The summed E-state index contributed by atoms with van der Waals surface area (Å²) in [6, 6.07) is 3.37. The van der Waals surface area contributed by atoms with Crippen LogP contribution in [0.4, 0.5) is 13.2 Å². The Balaban J connectivity index is 0.00000172. The monoisotopic (exact) mass is 293 g/mol. The van der Waals surface area contributed by atoms with Gasteiger partial charge in [0, 0.05) is 0 Å². The molecule has 20 heavy (non-hydrogen) atoms. The fourth-order valence-corrected chi connectivity index (χ4v) is 1.31. The van der Waals surface area contributed by atoms with Crippen LogP contribution < -0.4 is 5.48 Å². The Labute approximate surface area is 115 Å². The first-order chi connectivity index (χ1) is 9.36. The van der Waals surface area contributed by atoms with Crippen molar-refractivity contribution in [1.82, 2.24) is 5.48 Å².